The first-order chi connectivity index (χ1) is 13.8. The number of halogens is 1. The van der Waals surface area contributed by atoms with Crippen LogP contribution < -0.4 is 0 Å². The molecule has 1 saturated heterocycles. The van der Waals surface area contributed by atoms with E-state index in [9.17, 15) is 23.6 Å². The van der Waals surface area contributed by atoms with Crippen molar-refractivity contribution in [3.8, 4) is 0 Å². The molecule has 4 rings (SSSR count). The maximum absolute atomic E-state index is 13.0. The van der Waals surface area contributed by atoms with Crippen LogP contribution in [-0.2, 0) is 19.1 Å². The third kappa shape index (κ3) is 3.26. The van der Waals surface area contributed by atoms with Gasteiger partial charge in [-0.25, -0.2) is 9.18 Å². The minimum atomic E-state index is -1.04. The number of benzene rings is 1. The van der Waals surface area contributed by atoms with Crippen LogP contribution in [0.4, 0.5) is 4.39 Å². The van der Waals surface area contributed by atoms with E-state index in [4.69, 9.17) is 4.74 Å². The number of ketones is 1. The van der Waals surface area contributed by atoms with Gasteiger partial charge in [0, 0.05) is 5.56 Å². The second-order valence-corrected chi connectivity index (χ2v) is 8.66. The van der Waals surface area contributed by atoms with Crippen LogP contribution >= 0.6 is 0 Å². The number of carbonyl (C=O) groups is 4. The number of esters is 1. The normalized spacial score (nSPS) is 28.8. The molecule has 2 saturated carbocycles. The van der Waals surface area contributed by atoms with Crippen LogP contribution in [0.3, 0.4) is 0 Å². The van der Waals surface area contributed by atoms with Gasteiger partial charge in [-0.05, 0) is 61.3 Å². The molecule has 3 aliphatic rings. The van der Waals surface area contributed by atoms with Crippen molar-refractivity contribution in [2.45, 2.75) is 39.2 Å². The Kier molecular flexibility index (Phi) is 5.00. The molecule has 0 spiro atoms. The lowest BCUT2D eigenvalue weighted by molar-refractivity contribution is -0.160. The van der Waals surface area contributed by atoms with Crippen molar-refractivity contribution in [3.63, 3.8) is 0 Å². The molecule has 7 heteroatoms. The number of rotatable bonds is 6. The van der Waals surface area contributed by atoms with Gasteiger partial charge in [0.15, 0.2) is 12.4 Å². The van der Waals surface area contributed by atoms with E-state index in [1.54, 1.807) is 13.8 Å². The number of imide groups is 1. The molecule has 0 radical (unpaired) electrons. The second kappa shape index (κ2) is 7.35. The third-order valence-corrected chi connectivity index (χ3v) is 6.62. The molecule has 6 nitrogen and oxygen atoms in total. The van der Waals surface area contributed by atoms with E-state index in [2.05, 4.69) is 0 Å². The lowest BCUT2D eigenvalue weighted by Crippen LogP contribution is -2.50. The average Bonchev–Trinajstić information content (AvgIpc) is 3.36. The highest BCUT2D eigenvalue weighted by Crippen LogP contribution is 2.56. The molecule has 3 fully saturated rings. The van der Waals surface area contributed by atoms with Gasteiger partial charge in [0.2, 0.25) is 11.8 Å². The fraction of sp³-hybridized carbons (Fsp3) is 0.545. The molecular weight excluding hydrogens is 377 g/mol. The van der Waals surface area contributed by atoms with E-state index in [0.717, 1.165) is 36.3 Å². The van der Waals surface area contributed by atoms with Gasteiger partial charge in [-0.1, -0.05) is 13.8 Å². The van der Waals surface area contributed by atoms with Crippen molar-refractivity contribution >= 4 is 23.6 Å². The van der Waals surface area contributed by atoms with Gasteiger partial charge < -0.3 is 4.74 Å². The number of hydrogen-bond acceptors (Lipinski definition) is 5. The molecule has 0 N–H and O–H groups in total. The molecule has 0 unspecified atom stereocenters. The number of fused-ring (bicyclic) bond motifs is 5. The van der Waals surface area contributed by atoms with Crippen LogP contribution in [0.1, 0.15) is 43.5 Å². The summed E-state index contributed by atoms with van der Waals surface area (Å²) in [5.74, 6) is -2.74. The summed E-state index contributed by atoms with van der Waals surface area (Å²) >= 11 is 0. The Morgan fingerprint density at radius 2 is 1.62 bits per heavy atom. The van der Waals surface area contributed by atoms with Gasteiger partial charge in [0.1, 0.15) is 11.9 Å². The number of Topliss-reactive ketones (excluding diaryl/α,β-unsaturated/α-hetero) is 1. The summed E-state index contributed by atoms with van der Waals surface area (Å²) in [5.41, 5.74) is 0.222. The Morgan fingerprint density at radius 1 is 1.07 bits per heavy atom. The van der Waals surface area contributed by atoms with Crippen molar-refractivity contribution in [2.24, 2.45) is 29.6 Å². The first kappa shape index (κ1) is 19.7. The summed E-state index contributed by atoms with van der Waals surface area (Å²) in [7, 11) is 0. The SMILES string of the molecule is CC(C)[C@H](C(=O)OCC(=O)c1ccc(F)cc1)N1C(=O)[C@@H]2[C@@H]3CC[C@@H](C3)[C@@H]2C1=O. The number of carbonyl (C=O) groups excluding carboxylic acids is 4. The molecule has 154 valence electrons. The van der Waals surface area contributed by atoms with Crippen LogP contribution in [0, 0.1) is 35.4 Å². The second-order valence-electron chi connectivity index (χ2n) is 8.66. The maximum atomic E-state index is 13.0. The zero-order valence-electron chi connectivity index (χ0n) is 16.5. The van der Waals surface area contributed by atoms with Gasteiger partial charge in [-0.15, -0.1) is 0 Å². The first-order valence-electron chi connectivity index (χ1n) is 10.1. The smallest absolute Gasteiger partial charge is 0.330 e. The highest BCUT2D eigenvalue weighted by atomic mass is 19.1. The summed E-state index contributed by atoms with van der Waals surface area (Å²) in [4.78, 5) is 52.1. The number of hydrogen-bond donors (Lipinski definition) is 0. The quantitative estimate of drug-likeness (QED) is 0.416. The third-order valence-electron chi connectivity index (χ3n) is 6.62. The summed E-state index contributed by atoms with van der Waals surface area (Å²) in [6.45, 7) is 2.97. The minimum Gasteiger partial charge on any atom is -0.456 e. The fourth-order valence-electron chi connectivity index (χ4n) is 5.32. The molecular formula is C22H24FNO5. The monoisotopic (exact) mass is 401 g/mol. The van der Waals surface area contributed by atoms with Gasteiger partial charge >= 0.3 is 5.97 Å². The van der Waals surface area contributed by atoms with Gasteiger partial charge in [-0.2, -0.15) is 0 Å². The topological polar surface area (TPSA) is 80.8 Å². The van der Waals surface area contributed by atoms with Crippen molar-refractivity contribution in [1.82, 2.24) is 4.90 Å². The molecule has 1 heterocycles. The van der Waals surface area contributed by atoms with E-state index in [-0.39, 0.29) is 47.0 Å². The van der Waals surface area contributed by atoms with Crippen molar-refractivity contribution < 1.29 is 28.3 Å². The number of likely N-dealkylation sites (tertiary alicyclic amines) is 1. The van der Waals surface area contributed by atoms with E-state index >= 15 is 0 Å². The molecule has 1 aromatic rings. The highest BCUT2D eigenvalue weighted by molar-refractivity contribution is 6.09. The zero-order chi connectivity index (χ0) is 20.9. The Hall–Kier alpha value is -2.57. The van der Waals surface area contributed by atoms with Crippen LogP contribution in [0.25, 0.3) is 0 Å². The summed E-state index contributed by atoms with van der Waals surface area (Å²) < 4.78 is 18.2. The molecule has 2 bridgehead atoms. The van der Waals surface area contributed by atoms with Crippen LogP contribution in [-0.4, -0.2) is 41.1 Å². The molecule has 1 aliphatic heterocycles. The van der Waals surface area contributed by atoms with Gasteiger partial charge in [-0.3, -0.25) is 19.3 Å². The predicted octanol–water partition coefficient (Wildman–Crippen LogP) is 2.61. The minimum absolute atomic E-state index is 0.222. The van der Waals surface area contributed by atoms with Crippen molar-refractivity contribution in [2.75, 3.05) is 6.61 Å². The Balaban J connectivity index is 1.47. The standard InChI is InChI=1S/C22H24FNO5/c1-11(2)19(22(28)29-10-16(25)12-5-7-15(23)8-6-12)24-20(26)17-13-3-4-14(9-13)18(17)21(24)27/h5-8,11,13-14,17-19H,3-4,9-10H2,1-2H3/t13-,14+,17-,18+,19-/m1/s1. The molecule has 1 aromatic carbocycles. The van der Waals surface area contributed by atoms with Crippen LogP contribution in [0.5, 0.6) is 0 Å². The lowest BCUT2D eigenvalue weighted by Gasteiger charge is -2.28. The van der Waals surface area contributed by atoms with Gasteiger partial charge in [0.25, 0.3) is 0 Å². The largest absolute Gasteiger partial charge is 0.456 e. The number of ether oxygens (including phenoxy) is 1. The molecule has 5 atom stereocenters. The summed E-state index contributed by atoms with van der Waals surface area (Å²) in [5, 5.41) is 0. The predicted molar refractivity (Wildman–Crippen MR) is 100.0 cm³/mol. The Bertz CT molecular complexity index is 836. The first-order valence-corrected chi connectivity index (χ1v) is 10.1. The van der Waals surface area contributed by atoms with E-state index in [1.807, 2.05) is 0 Å². The van der Waals surface area contributed by atoms with Crippen molar-refractivity contribution in [1.29, 1.82) is 0 Å². The zero-order valence-corrected chi connectivity index (χ0v) is 16.5. The average molecular weight is 401 g/mol. The summed E-state index contributed by atoms with van der Waals surface area (Å²) in [6, 6.07) is 3.90. The molecule has 29 heavy (non-hydrogen) atoms. The summed E-state index contributed by atoms with van der Waals surface area (Å²) in [6.07, 6.45) is 2.84. The highest BCUT2D eigenvalue weighted by Gasteiger charge is 2.62. The number of amides is 2. The van der Waals surface area contributed by atoms with E-state index in [0.29, 0.717) is 0 Å². The Labute approximate surface area is 168 Å². The lowest BCUT2D eigenvalue weighted by atomic mass is 9.81. The number of nitrogens with zero attached hydrogens (tertiary/aromatic N) is 1. The van der Waals surface area contributed by atoms with Crippen LogP contribution in [0.15, 0.2) is 24.3 Å². The van der Waals surface area contributed by atoms with Gasteiger partial charge in [0.05, 0.1) is 11.8 Å². The molecule has 2 amide bonds. The van der Waals surface area contributed by atoms with E-state index < -0.39 is 30.2 Å². The fourth-order valence-corrected chi connectivity index (χ4v) is 5.32. The van der Waals surface area contributed by atoms with E-state index in [1.165, 1.54) is 12.1 Å². The maximum Gasteiger partial charge on any atom is 0.330 e. The molecule has 0 aromatic heterocycles. The van der Waals surface area contributed by atoms with Crippen molar-refractivity contribution in [3.05, 3.63) is 35.6 Å². The Morgan fingerprint density at radius 3 is 2.14 bits per heavy atom. The molecule has 2 aliphatic carbocycles. The van der Waals surface area contributed by atoms with Crippen LogP contribution in [0.2, 0.25) is 0 Å².